The number of nitrogens with one attached hydrogen (secondary N) is 5. The molecule has 0 radical (unpaired) electrons. The van der Waals surface area contributed by atoms with Gasteiger partial charge in [-0.1, -0.05) is 91.0 Å². The monoisotopic (exact) mass is 1760 g/mol. The van der Waals surface area contributed by atoms with Crippen molar-refractivity contribution >= 4 is 36.2 Å². The number of hydrogen-bond acceptors (Lipinski definition) is 18. The lowest BCUT2D eigenvalue weighted by atomic mass is 9.89. The summed E-state index contributed by atoms with van der Waals surface area (Å²) in [6.45, 7) is 19.7. The third kappa shape index (κ3) is 28.6. The van der Waals surface area contributed by atoms with E-state index in [2.05, 4.69) is 51.7 Å². The van der Waals surface area contributed by atoms with Crippen molar-refractivity contribution in [3.63, 3.8) is 0 Å². The lowest BCUT2D eigenvalue weighted by Crippen LogP contribution is -2.41. The summed E-state index contributed by atoms with van der Waals surface area (Å²) < 4.78 is 152. The molecule has 5 N–H and O–H groups in total. The van der Waals surface area contributed by atoms with Crippen LogP contribution in [0, 0.1) is 0 Å². The molecule has 0 saturated carbocycles. The van der Waals surface area contributed by atoms with Crippen molar-refractivity contribution in [1.29, 1.82) is 0 Å². The van der Waals surface area contributed by atoms with Crippen LogP contribution < -0.4 is 40.8 Å². The van der Waals surface area contributed by atoms with Crippen LogP contribution in [-0.2, 0) is 52.4 Å². The highest BCUT2D eigenvalue weighted by atomic mass is 19.4. The maximum Gasteiger partial charge on any atom is 0.435 e. The maximum absolute atomic E-state index is 13.7. The Balaban J connectivity index is 0.000000202. The Kier molecular flexibility index (Phi) is 34.9. The first-order valence-corrected chi connectivity index (χ1v) is 41.4. The van der Waals surface area contributed by atoms with Gasteiger partial charge in [-0.15, -0.1) is 0 Å². The molecule has 3 aromatic heterocycles. The van der Waals surface area contributed by atoms with Crippen molar-refractivity contribution in [3.8, 4) is 34.3 Å². The maximum atomic E-state index is 13.7. The number of piperidine rings is 3. The molecular formula is C91H112F9N15O11. The van der Waals surface area contributed by atoms with Gasteiger partial charge in [0.05, 0.1) is 44.9 Å². The number of likely N-dealkylation sites (N-methyl/N-ethyl adjacent to an activating group) is 3. The Morgan fingerprint density at radius 1 is 0.444 bits per heavy atom. The van der Waals surface area contributed by atoms with Crippen LogP contribution in [0.15, 0.2) is 164 Å². The van der Waals surface area contributed by atoms with E-state index < -0.39 is 70.6 Å². The standard InChI is InChI=1S/C32H40F3N5O4.C27H32F3N5O2.C24H25F3N4O2.C8H15NO3/c1-31(2,3)44-30(42)38(4)17-18-39-15-13-22(14-16-39)23-10-8-11-25(19-23)40-26(20-28(37-40)32(33,34)35)29(41)36-21-24-9-6-7-12-27(24)43-5;1-31-12-15-34-13-10-19(11-14-34)20-7-5-8-22(16-20)35-23(17-25(33-35)27(28,29)30)26(36)32-18-21-6-3-4-9-24(21)37-2;1-33-21-8-3-2-5-18(21)15-29-23(32)20-14-22(24(25,26)27)30-31(20)19-7-4-6-17(13-19)16-9-11-28-12-10-16;1-8(2,3)12-7(11)9(4)5-6-10/h6-12,19-20,22H,13-18,21H2,1-5H3,(H,36,41);3-9,16-17,19,31H,10-15,18H2,1-2H3,(H,32,36);2-8,13-14,16,28H,9-12,15H2,1H3,(H,29,32);6H,5H2,1-4H3. The second-order valence-electron chi connectivity index (χ2n) is 32.5. The zero-order valence-corrected chi connectivity index (χ0v) is 72.9. The Hall–Kier alpha value is -11.8. The van der Waals surface area contributed by atoms with E-state index in [0.29, 0.717) is 82.2 Å². The molecule has 0 atom stereocenters. The second-order valence-corrected chi connectivity index (χ2v) is 32.5. The molecule has 12 rings (SSSR count). The van der Waals surface area contributed by atoms with E-state index in [1.54, 1.807) is 142 Å². The van der Waals surface area contributed by atoms with Crippen LogP contribution in [0.1, 0.15) is 180 Å². The summed E-state index contributed by atoms with van der Waals surface area (Å²) in [7, 11) is 9.71. The summed E-state index contributed by atoms with van der Waals surface area (Å²) >= 11 is 0. The van der Waals surface area contributed by atoms with E-state index in [-0.39, 0.29) is 55.3 Å². The van der Waals surface area contributed by atoms with Crippen LogP contribution in [0.25, 0.3) is 17.1 Å². The number of amides is 5. The number of rotatable bonds is 26. The molecule has 3 saturated heterocycles. The molecule has 3 aliphatic rings. The van der Waals surface area contributed by atoms with Gasteiger partial charge in [0.25, 0.3) is 17.7 Å². The first-order chi connectivity index (χ1) is 59.8. The number of benzene rings is 6. The second kappa shape index (κ2) is 44.9. The Morgan fingerprint density at radius 2 is 0.762 bits per heavy atom. The van der Waals surface area contributed by atoms with Crippen molar-refractivity contribution in [2.24, 2.45) is 0 Å². The van der Waals surface area contributed by atoms with E-state index in [9.17, 15) is 68.3 Å². The number of aldehydes is 1. The van der Waals surface area contributed by atoms with Crippen LogP contribution in [-0.4, -0.2) is 211 Å². The Bertz CT molecular complexity index is 5070. The SMILES string of the molecule is CN(CC=O)C(=O)OC(C)(C)C.CNCCN1CCC(c2cccc(-n3nc(C(F)(F)F)cc3C(=O)NCc3ccccc3OC)c2)CC1.COc1ccccc1CNC(=O)c1cc(C(F)(F)F)nn1-c1cccc(C2CCN(CCN(C)C(=O)OC(C)(C)C)CC2)c1.COc1ccccc1CNC(=O)c1cc(C(F)(F)F)nn1-c1cccc(C2CCNCC2)c1. The zero-order chi connectivity index (χ0) is 91.7. The molecule has 9 aromatic rings. The number of nitrogens with zero attached hydrogens (tertiary/aromatic N) is 10. The minimum absolute atomic E-state index is 0.0644. The molecule has 5 amide bonds. The molecule has 35 heteroatoms. The fourth-order valence-electron chi connectivity index (χ4n) is 14.4. The lowest BCUT2D eigenvalue weighted by molar-refractivity contribution is -0.142. The largest absolute Gasteiger partial charge is 0.496 e. The molecule has 3 fully saturated rings. The van der Waals surface area contributed by atoms with Crippen LogP contribution in [0.5, 0.6) is 17.2 Å². The summed E-state index contributed by atoms with van der Waals surface area (Å²) in [5.74, 6) is 0.524. The van der Waals surface area contributed by atoms with Gasteiger partial charge in [0.15, 0.2) is 17.1 Å². The molecule has 6 aromatic carbocycles. The lowest BCUT2D eigenvalue weighted by Gasteiger charge is -2.33. The Morgan fingerprint density at radius 3 is 1.07 bits per heavy atom. The molecule has 126 heavy (non-hydrogen) atoms. The number of hydrogen-bond donors (Lipinski definition) is 5. The minimum atomic E-state index is -4.72. The highest BCUT2D eigenvalue weighted by Crippen LogP contribution is 2.37. The molecule has 680 valence electrons. The van der Waals surface area contributed by atoms with Gasteiger partial charge in [0.1, 0.15) is 51.8 Å². The van der Waals surface area contributed by atoms with Gasteiger partial charge in [0, 0.05) is 94.8 Å². The van der Waals surface area contributed by atoms with E-state index in [1.165, 1.54) is 33.3 Å². The number of carbonyl (C=O) groups is 6. The van der Waals surface area contributed by atoms with Gasteiger partial charge in [-0.3, -0.25) is 14.4 Å². The van der Waals surface area contributed by atoms with E-state index >= 15 is 0 Å². The van der Waals surface area contributed by atoms with Crippen molar-refractivity contribution in [2.45, 2.75) is 147 Å². The molecule has 3 aliphatic heterocycles. The highest BCUT2D eigenvalue weighted by molar-refractivity contribution is 5.94. The van der Waals surface area contributed by atoms with E-state index in [4.69, 9.17) is 23.7 Å². The number of alkyl halides is 9. The number of halogens is 9. The smallest absolute Gasteiger partial charge is 0.435 e. The third-order valence-electron chi connectivity index (χ3n) is 21.1. The van der Waals surface area contributed by atoms with Gasteiger partial charge >= 0.3 is 30.7 Å². The predicted molar refractivity (Wildman–Crippen MR) is 458 cm³/mol. The molecule has 0 spiro atoms. The van der Waals surface area contributed by atoms with Gasteiger partial charge in [-0.2, -0.15) is 54.8 Å². The van der Waals surface area contributed by atoms with Gasteiger partial charge in [-0.25, -0.2) is 23.6 Å². The first kappa shape index (κ1) is 98.0. The van der Waals surface area contributed by atoms with Crippen molar-refractivity contribution in [1.82, 2.24) is 75.5 Å². The highest BCUT2D eigenvalue weighted by Gasteiger charge is 2.40. The topological polar surface area (TPSA) is 275 Å². The number of carbonyl (C=O) groups excluding carboxylic acids is 6. The van der Waals surface area contributed by atoms with E-state index in [1.807, 2.05) is 64.2 Å². The summed E-state index contributed by atoms with van der Waals surface area (Å²) in [6.07, 6.45) is -8.73. The quantitative estimate of drug-likeness (QED) is 0.0249. The summed E-state index contributed by atoms with van der Waals surface area (Å²) in [5.41, 5.74) is 1.37. The number of ether oxygens (including phenoxy) is 5. The summed E-state index contributed by atoms with van der Waals surface area (Å²) in [5, 5.41) is 25.9. The first-order valence-electron chi connectivity index (χ1n) is 41.4. The predicted octanol–water partition coefficient (Wildman–Crippen LogP) is 15.5. The van der Waals surface area contributed by atoms with Crippen molar-refractivity contribution in [2.75, 3.05) is 114 Å². The fourth-order valence-corrected chi connectivity index (χ4v) is 14.4. The number of para-hydroxylation sites is 3. The third-order valence-corrected chi connectivity index (χ3v) is 21.1. The average Bonchev–Trinajstić information content (AvgIpc) is 1.65. The molecule has 0 aliphatic carbocycles. The minimum Gasteiger partial charge on any atom is -0.496 e. The van der Waals surface area contributed by atoms with Gasteiger partial charge in [-0.05, 0) is 215 Å². The molecule has 6 heterocycles. The van der Waals surface area contributed by atoms with E-state index in [0.717, 1.165) is 140 Å². The molecule has 0 bridgehead atoms. The fraction of sp³-hybridized carbons (Fsp3) is 0.440. The molecule has 0 unspecified atom stereocenters. The van der Waals surface area contributed by atoms with Gasteiger partial charge < -0.3 is 74.7 Å². The zero-order valence-electron chi connectivity index (χ0n) is 72.9. The number of aromatic nitrogens is 6. The van der Waals surface area contributed by atoms with Crippen molar-refractivity contribution < 1.29 is 92.0 Å². The van der Waals surface area contributed by atoms with Crippen LogP contribution in [0.2, 0.25) is 0 Å². The summed E-state index contributed by atoms with van der Waals surface area (Å²) in [4.78, 5) is 80.1. The normalized spacial score (nSPS) is 14.5. The Labute approximate surface area is 727 Å². The van der Waals surface area contributed by atoms with Crippen LogP contribution in [0.3, 0.4) is 0 Å². The van der Waals surface area contributed by atoms with Crippen LogP contribution >= 0.6 is 0 Å². The molecular weight excluding hydrogens is 1650 g/mol. The molecule has 26 nitrogen and oxygen atoms in total. The van der Waals surface area contributed by atoms with Crippen LogP contribution in [0.4, 0.5) is 49.1 Å². The summed E-state index contributed by atoms with van der Waals surface area (Å²) in [6, 6.07) is 45.4. The number of likely N-dealkylation sites (tertiary alicyclic amines) is 2. The van der Waals surface area contributed by atoms with Crippen molar-refractivity contribution in [3.05, 3.63) is 231 Å². The average molecular weight is 1760 g/mol. The number of methoxy groups -OCH3 is 3. The van der Waals surface area contributed by atoms with Gasteiger partial charge in [0.2, 0.25) is 0 Å².